The van der Waals surface area contributed by atoms with Crippen LogP contribution in [0.15, 0.2) is 30.5 Å². The van der Waals surface area contributed by atoms with Crippen molar-refractivity contribution in [3.05, 3.63) is 30.5 Å². The molecule has 0 aliphatic rings. The molecule has 1 amide bonds. The summed E-state index contributed by atoms with van der Waals surface area (Å²) in [5.41, 5.74) is 1.05. The average Bonchev–Trinajstić information content (AvgIpc) is 2.81. The van der Waals surface area contributed by atoms with E-state index in [-0.39, 0.29) is 11.9 Å². The van der Waals surface area contributed by atoms with Crippen molar-refractivity contribution in [3.8, 4) is 5.75 Å². The SMILES string of the molecule is CCOc1ccc2c(ccn2CC(=O)NC(C)CC)c1. The van der Waals surface area contributed by atoms with Gasteiger partial charge in [-0.25, -0.2) is 0 Å². The summed E-state index contributed by atoms with van der Waals surface area (Å²) in [6.45, 7) is 7.05. The van der Waals surface area contributed by atoms with Crippen molar-refractivity contribution in [2.75, 3.05) is 6.61 Å². The zero-order valence-electron chi connectivity index (χ0n) is 12.3. The van der Waals surface area contributed by atoms with Crippen LogP contribution in [0.25, 0.3) is 10.9 Å². The molecule has 1 N–H and O–H groups in total. The monoisotopic (exact) mass is 274 g/mol. The summed E-state index contributed by atoms with van der Waals surface area (Å²) in [6.07, 6.45) is 2.88. The molecule has 20 heavy (non-hydrogen) atoms. The molecule has 0 bridgehead atoms. The van der Waals surface area contributed by atoms with Gasteiger partial charge < -0.3 is 14.6 Å². The number of nitrogens with zero attached hydrogens (tertiary/aromatic N) is 1. The molecule has 2 aromatic rings. The van der Waals surface area contributed by atoms with Crippen LogP contribution in [0.2, 0.25) is 0 Å². The van der Waals surface area contributed by atoms with E-state index in [1.54, 1.807) is 0 Å². The summed E-state index contributed by atoms with van der Waals surface area (Å²) in [5.74, 6) is 0.910. The van der Waals surface area contributed by atoms with E-state index in [0.717, 1.165) is 23.1 Å². The molecule has 0 saturated heterocycles. The third-order valence-corrected chi connectivity index (χ3v) is 3.39. The Bertz CT molecular complexity index is 589. The fraction of sp³-hybridized carbons (Fsp3) is 0.438. The van der Waals surface area contributed by atoms with Crippen LogP contribution in [0.3, 0.4) is 0 Å². The van der Waals surface area contributed by atoms with Gasteiger partial charge in [-0.2, -0.15) is 0 Å². The highest BCUT2D eigenvalue weighted by Gasteiger charge is 2.09. The number of carbonyl (C=O) groups is 1. The van der Waals surface area contributed by atoms with Crippen LogP contribution in [0.4, 0.5) is 0 Å². The number of aromatic nitrogens is 1. The van der Waals surface area contributed by atoms with Gasteiger partial charge in [0.25, 0.3) is 0 Å². The Kier molecular flexibility index (Phi) is 4.66. The smallest absolute Gasteiger partial charge is 0.240 e. The summed E-state index contributed by atoms with van der Waals surface area (Å²) < 4.78 is 7.44. The standard InChI is InChI=1S/C16H22N2O2/c1-4-12(3)17-16(19)11-18-9-8-13-10-14(20-5-2)6-7-15(13)18/h6-10,12H,4-5,11H2,1-3H3,(H,17,19). The Balaban J connectivity index is 2.13. The zero-order chi connectivity index (χ0) is 14.5. The zero-order valence-corrected chi connectivity index (χ0v) is 12.3. The number of hydrogen-bond acceptors (Lipinski definition) is 2. The van der Waals surface area contributed by atoms with E-state index in [2.05, 4.69) is 12.2 Å². The Labute approximate surface area is 119 Å². The molecule has 0 aliphatic carbocycles. The van der Waals surface area contributed by atoms with Gasteiger partial charge in [-0.05, 0) is 44.5 Å². The van der Waals surface area contributed by atoms with Crippen molar-refractivity contribution in [1.29, 1.82) is 0 Å². The van der Waals surface area contributed by atoms with E-state index >= 15 is 0 Å². The predicted molar refractivity (Wildman–Crippen MR) is 81.0 cm³/mol. The highest BCUT2D eigenvalue weighted by atomic mass is 16.5. The van der Waals surface area contributed by atoms with Gasteiger partial charge in [-0.3, -0.25) is 4.79 Å². The molecule has 1 unspecified atom stereocenters. The van der Waals surface area contributed by atoms with Crippen molar-refractivity contribution < 1.29 is 9.53 Å². The van der Waals surface area contributed by atoms with Crippen LogP contribution in [0.5, 0.6) is 5.75 Å². The minimum absolute atomic E-state index is 0.0470. The van der Waals surface area contributed by atoms with Crippen molar-refractivity contribution in [2.24, 2.45) is 0 Å². The van der Waals surface area contributed by atoms with Crippen LogP contribution < -0.4 is 10.1 Å². The van der Waals surface area contributed by atoms with Crippen LogP contribution in [-0.2, 0) is 11.3 Å². The second-order valence-corrected chi connectivity index (χ2v) is 4.97. The van der Waals surface area contributed by atoms with E-state index in [1.807, 2.05) is 48.9 Å². The van der Waals surface area contributed by atoms with Crippen LogP contribution >= 0.6 is 0 Å². The minimum atomic E-state index is 0.0470. The lowest BCUT2D eigenvalue weighted by Crippen LogP contribution is -2.34. The number of benzene rings is 1. The van der Waals surface area contributed by atoms with E-state index in [4.69, 9.17) is 4.74 Å². The fourth-order valence-corrected chi connectivity index (χ4v) is 2.15. The molecule has 1 aromatic carbocycles. The lowest BCUT2D eigenvalue weighted by Gasteiger charge is -2.12. The van der Waals surface area contributed by atoms with Crippen molar-refractivity contribution >= 4 is 16.8 Å². The summed E-state index contributed by atoms with van der Waals surface area (Å²) in [5, 5.41) is 4.07. The minimum Gasteiger partial charge on any atom is -0.494 e. The Hall–Kier alpha value is -1.97. The lowest BCUT2D eigenvalue weighted by atomic mass is 10.2. The molecule has 4 heteroatoms. The van der Waals surface area contributed by atoms with E-state index < -0.39 is 0 Å². The summed E-state index contributed by atoms with van der Waals surface area (Å²) in [7, 11) is 0. The van der Waals surface area contributed by atoms with Gasteiger partial charge in [-0.1, -0.05) is 6.92 Å². The maximum atomic E-state index is 11.9. The van der Waals surface area contributed by atoms with E-state index in [9.17, 15) is 4.79 Å². The summed E-state index contributed by atoms with van der Waals surface area (Å²) in [4.78, 5) is 11.9. The molecule has 1 atom stereocenters. The Morgan fingerprint density at radius 3 is 2.85 bits per heavy atom. The van der Waals surface area contributed by atoms with Crippen molar-refractivity contribution in [3.63, 3.8) is 0 Å². The van der Waals surface area contributed by atoms with Gasteiger partial charge in [0.15, 0.2) is 0 Å². The number of rotatable bonds is 6. The predicted octanol–water partition coefficient (Wildman–Crippen LogP) is 2.95. The number of fused-ring (bicyclic) bond motifs is 1. The van der Waals surface area contributed by atoms with E-state index in [0.29, 0.717) is 13.2 Å². The molecule has 2 rings (SSSR count). The van der Waals surface area contributed by atoms with Gasteiger partial charge in [0.2, 0.25) is 5.91 Å². The second-order valence-electron chi connectivity index (χ2n) is 4.97. The number of ether oxygens (including phenoxy) is 1. The number of carbonyl (C=O) groups excluding carboxylic acids is 1. The first-order valence-electron chi connectivity index (χ1n) is 7.15. The first-order valence-corrected chi connectivity index (χ1v) is 7.15. The Morgan fingerprint density at radius 1 is 1.35 bits per heavy atom. The maximum absolute atomic E-state index is 11.9. The van der Waals surface area contributed by atoms with E-state index in [1.165, 1.54) is 0 Å². The first-order chi connectivity index (χ1) is 9.63. The van der Waals surface area contributed by atoms with Crippen molar-refractivity contribution in [1.82, 2.24) is 9.88 Å². The van der Waals surface area contributed by atoms with Gasteiger partial charge in [0.1, 0.15) is 12.3 Å². The summed E-state index contributed by atoms with van der Waals surface area (Å²) >= 11 is 0. The van der Waals surface area contributed by atoms with Gasteiger partial charge >= 0.3 is 0 Å². The van der Waals surface area contributed by atoms with Crippen LogP contribution in [0.1, 0.15) is 27.2 Å². The van der Waals surface area contributed by atoms with Gasteiger partial charge in [0.05, 0.1) is 6.61 Å². The quantitative estimate of drug-likeness (QED) is 0.880. The fourth-order valence-electron chi connectivity index (χ4n) is 2.15. The van der Waals surface area contributed by atoms with Crippen molar-refractivity contribution in [2.45, 2.75) is 39.8 Å². The molecular weight excluding hydrogens is 252 g/mol. The van der Waals surface area contributed by atoms with Crippen LogP contribution in [-0.4, -0.2) is 23.1 Å². The highest BCUT2D eigenvalue weighted by molar-refractivity contribution is 5.84. The molecule has 0 radical (unpaired) electrons. The highest BCUT2D eigenvalue weighted by Crippen LogP contribution is 2.22. The third kappa shape index (κ3) is 3.32. The third-order valence-electron chi connectivity index (χ3n) is 3.39. The number of amides is 1. The number of hydrogen-bond donors (Lipinski definition) is 1. The molecule has 4 nitrogen and oxygen atoms in total. The average molecular weight is 274 g/mol. The molecule has 0 aliphatic heterocycles. The van der Waals surface area contributed by atoms with Gasteiger partial charge in [0, 0.05) is 23.1 Å². The van der Waals surface area contributed by atoms with Gasteiger partial charge in [-0.15, -0.1) is 0 Å². The molecular formula is C16H22N2O2. The molecule has 108 valence electrons. The topological polar surface area (TPSA) is 43.3 Å². The molecule has 0 saturated carbocycles. The molecule has 1 heterocycles. The lowest BCUT2D eigenvalue weighted by molar-refractivity contribution is -0.122. The second kappa shape index (κ2) is 6.46. The first kappa shape index (κ1) is 14.4. The maximum Gasteiger partial charge on any atom is 0.240 e. The normalized spacial score (nSPS) is 12.3. The Morgan fingerprint density at radius 2 is 2.15 bits per heavy atom. The largest absolute Gasteiger partial charge is 0.494 e. The number of nitrogens with one attached hydrogen (secondary N) is 1. The van der Waals surface area contributed by atoms with Crippen LogP contribution in [0, 0.1) is 0 Å². The molecule has 0 spiro atoms. The summed E-state index contributed by atoms with van der Waals surface area (Å²) in [6, 6.07) is 8.16. The molecule has 0 fully saturated rings. The molecule has 1 aromatic heterocycles.